The Morgan fingerprint density at radius 3 is 2.57 bits per heavy atom. The number of hydrogen-bond donors (Lipinski definition) is 0. The molecular weight excluding hydrogens is 314 g/mol. The first-order valence-corrected chi connectivity index (χ1v) is 7.94. The number of carbonyl (C=O) groups excluding carboxylic acids is 1. The van der Waals surface area contributed by atoms with Gasteiger partial charge in [0.05, 0.1) is 29.5 Å². The van der Waals surface area contributed by atoms with Gasteiger partial charge in [-0.05, 0) is 39.8 Å². The average Bonchev–Trinajstić information content (AvgIpc) is 2.98. The van der Waals surface area contributed by atoms with Gasteiger partial charge in [0, 0.05) is 11.3 Å². The fourth-order valence-corrected chi connectivity index (χ4v) is 2.88. The van der Waals surface area contributed by atoms with Gasteiger partial charge in [-0.1, -0.05) is 23.7 Å². The van der Waals surface area contributed by atoms with Crippen LogP contribution >= 0.6 is 11.6 Å². The monoisotopic (exact) mass is 333 g/mol. The van der Waals surface area contributed by atoms with Crippen molar-refractivity contribution in [2.24, 2.45) is 0 Å². The predicted octanol–water partition coefficient (Wildman–Crippen LogP) is 4.08. The molecule has 122 valence electrons. The minimum atomic E-state index is -0.496. The summed E-state index contributed by atoms with van der Waals surface area (Å²) < 4.78 is 7.27. The molecule has 0 bridgehead atoms. The number of hydrogen-bond acceptors (Lipinski definition) is 3. The standard InChI is InChI=1S/C17H20ClN3O2/c1-11-12-9-20(16(22)23-17(2,3)4)10-14(12)19-21(11)15-8-6-5-7-13(15)18/h5-8H,9-10H2,1-4H3. The minimum absolute atomic E-state index is 0.306. The van der Waals surface area contributed by atoms with Crippen molar-refractivity contribution >= 4 is 17.7 Å². The van der Waals surface area contributed by atoms with Gasteiger partial charge in [-0.3, -0.25) is 4.90 Å². The van der Waals surface area contributed by atoms with E-state index in [0.29, 0.717) is 18.1 Å². The van der Waals surface area contributed by atoms with Gasteiger partial charge < -0.3 is 4.74 Å². The molecule has 0 atom stereocenters. The summed E-state index contributed by atoms with van der Waals surface area (Å²) in [4.78, 5) is 13.9. The number of amides is 1. The molecule has 0 spiro atoms. The van der Waals surface area contributed by atoms with Crippen LogP contribution in [0.25, 0.3) is 5.69 Å². The fraction of sp³-hybridized carbons (Fsp3) is 0.412. The van der Waals surface area contributed by atoms with E-state index in [1.165, 1.54) is 0 Å². The van der Waals surface area contributed by atoms with Gasteiger partial charge in [-0.15, -0.1) is 0 Å². The van der Waals surface area contributed by atoms with E-state index in [2.05, 4.69) is 5.10 Å². The Morgan fingerprint density at radius 1 is 1.26 bits per heavy atom. The second kappa shape index (κ2) is 5.57. The maximum atomic E-state index is 12.2. The van der Waals surface area contributed by atoms with Gasteiger partial charge in [-0.25, -0.2) is 9.48 Å². The smallest absolute Gasteiger partial charge is 0.410 e. The van der Waals surface area contributed by atoms with Gasteiger partial charge >= 0.3 is 6.09 Å². The quantitative estimate of drug-likeness (QED) is 0.789. The Hall–Kier alpha value is -2.01. The van der Waals surface area contributed by atoms with Crippen molar-refractivity contribution in [1.82, 2.24) is 14.7 Å². The number of halogens is 1. The Kier molecular flexibility index (Phi) is 3.84. The Labute approximate surface area is 140 Å². The van der Waals surface area contributed by atoms with Crippen LogP contribution in [0.3, 0.4) is 0 Å². The first-order valence-electron chi connectivity index (χ1n) is 7.56. The Bertz CT molecular complexity index is 762. The van der Waals surface area contributed by atoms with E-state index >= 15 is 0 Å². The molecule has 0 saturated carbocycles. The maximum Gasteiger partial charge on any atom is 0.410 e. The lowest BCUT2D eigenvalue weighted by Crippen LogP contribution is -2.33. The average molecular weight is 334 g/mol. The fourth-order valence-electron chi connectivity index (χ4n) is 2.67. The summed E-state index contributed by atoms with van der Waals surface area (Å²) in [7, 11) is 0. The van der Waals surface area contributed by atoms with Gasteiger partial charge in [0.25, 0.3) is 0 Å². The molecule has 1 aliphatic rings. The van der Waals surface area contributed by atoms with Crippen LogP contribution in [-0.4, -0.2) is 26.4 Å². The van der Waals surface area contributed by atoms with E-state index < -0.39 is 5.60 Å². The SMILES string of the molecule is Cc1c2c(nn1-c1ccccc1Cl)CN(C(=O)OC(C)(C)C)C2. The zero-order chi connectivity index (χ0) is 16.8. The highest BCUT2D eigenvalue weighted by Crippen LogP contribution is 2.30. The number of ether oxygens (including phenoxy) is 1. The lowest BCUT2D eigenvalue weighted by molar-refractivity contribution is 0.0239. The van der Waals surface area contributed by atoms with Crippen LogP contribution in [0, 0.1) is 6.92 Å². The normalized spacial score (nSPS) is 14.0. The number of aromatic nitrogens is 2. The largest absolute Gasteiger partial charge is 0.444 e. The van der Waals surface area contributed by atoms with Crippen molar-refractivity contribution < 1.29 is 9.53 Å². The van der Waals surface area contributed by atoms with E-state index in [4.69, 9.17) is 16.3 Å². The van der Waals surface area contributed by atoms with Crippen LogP contribution in [0.5, 0.6) is 0 Å². The molecule has 0 radical (unpaired) electrons. The molecule has 0 saturated heterocycles. The molecule has 23 heavy (non-hydrogen) atoms. The molecule has 0 fully saturated rings. The summed E-state index contributed by atoms with van der Waals surface area (Å²) in [5.74, 6) is 0. The van der Waals surface area contributed by atoms with Gasteiger partial charge in [0.15, 0.2) is 0 Å². The highest BCUT2D eigenvalue weighted by Gasteiger charge is 2.32. The van der Waals surface area contributed by atoms with Gasteiger partial charge in [0.2, 0.25) is 0 Å². The molecule has 1 amide bonds. The highest BCUT2D eigenvalue weighted by atomic mass is 35.5. The first-order chi connectivity index (χ1) is 10.8. The van der Waals surface area contributed by atoms with Gasteiger partial charge in [-0.2, -0.15) is 5.10 Å². The second-order valence-electron chi connectivity index (χ2n) is 6.71. The van der Waals surface area contributed by atoms with Gasteiger partial charge in [0.1, 0.15) is 5.60 Å². The molecule has 5 nitrogen and oxygen atoms in total. The van der Waals surface area contributed by atoms with E-state index in [0.717, 1.165) is 22.6 Å². The van der Waals surface area contributed by atoms with E-state index in [1.807, 2.05) is 56.6 Å². The number of benzene rings is 1. The molecule has 2 aromatic rings. The van der Waals surface area contributed by atoms with Crippen LogP contribution in [0.1, 0.15) is 37.7 Å². The molecule has 0 N–H and O–H groups in total. The molecule has 3 rings (SSSR count). The third-order valence-electron chi connectivity index (χ3n) is 3.75. The summed E-state index contributed by atoms with van der Waals surface area (Å²) in [5.41, 5.74) is 3.32. The van der Waals surface area contributed by atoms with Crippen LogP contribution in [0.2, 0.25) is 5.02 Å². The van der Waals surface area contributed by atoms with E-state index in [9.17, 15) is 4.79 Å². The molecule has 0 unspecified atom stereocenters. The third-order valence-corrected chi connectivity index (χ3v) is 4.07. The predicted molar refractivity (Wildman–Crippen MR) is 88.8 cm³/mol. The second-order valence-corrected chi connectivity index (χ2v) is 7.12. The van der Waals surface area contributed by atoms with Crippen molar-refractivity contribution in [2.45, 2.75) is 46.4 Å². The topological polar surface area (TPSA) is 47.4 Å². The summed E-state index contributed by atoms with van der Waals surface area (Å²) in [6.45, 7) is 8.56. The lowest BCUT2D eigenvalue weighted by Gasteiger charge is -2.24. The van der Waals surface area contributed by atoms with Crippen LogP contribution in [0.4, 0.5) is 4.79 Å². The van der Waals surface area contributed by atoms with Crippen LogP contribution in [0.15, 0.2) is 24.3 Å². The van der Waals surface area contributed by atoms with E-state index in [-0.39, 0.29) is 6.09 Å². The maximum absolute atomic E-state index is 12.2. The Morgan fingerprint density at radius 2 is 1.96 bits per heavy atom. The van der Waals surface area contributed by atoms with Crippen molar-refractivity contribution in [1.29, 1.82) is 0 Å². The molecule has 1 aromatic heterocycles. The number of rotatable bonds is 1. The summed E-state index contributed by atoms with van der Waals surface area (Å²) in [5, 5.41) is 5.29. The summed E-state index contributed by atoms with van der Waals surface area (Å²) in [6, 6.07) is 7.60. The molecule has 0 aliphatic carbocycles. The zero-order valence-electron chi connectivity index (χ0n) is 13.8. The zero-order valence-corrected chi connectivity index (χ0v) is 14.5. The van der Waals surface area contributed by atoms with Crippen molar-refractivity contribution in [3.63, 3.8) is 0 Å². The van der Waals surface area contributed by atoms with Crippen molar-refractivity contribution in [3.05, 3.63) is 46.2 Å². The first kappa shape index (κ1) is 15.9. The highest BCUT2D eigenvalue weighted by molar-refractivity contribution is 6.32. The summed E-state index contributed by atoms with van der Waals surface area (Å²) in [6.07, 6.45) is -0.306. The number of para-hydroxylation sites is 1. The molecule has 1 aromatic carbocycles. The lowest BCUT2D eigenvalue weighted by atomic mass is 10.2. The van der Waals surface area contributed by atoms with Crippen molar-refractivity contribution in [2.75, 3.05) is 0 Å². The minimum Gasteiger partial charge on any atom is -0.444 e. The van der Waals surface area contributed by atoms with E-state index in [1.54, 1.807) is 4.90 Å². The van der Waals surface area contributed by atoms with Crippen molar-refractivity contribution in [3.8, 4) is 5.69 Å². The molecular formula is C17H20ClN3O2. The van der Waals surface area contributed by atoms with Crippen LogP contribution < -0.4 is 0 Å². The van der Waals surface area contributed by atoms with Crippen LogP contribution in [-0.2, 0) is 17.8 Å². The molecule has 1 aliphatic heterocycles. The molecule has 6 heteroatoms. The number of nitrogens with zero attached hydrogens (tertiary/aromatic N) is 3. The molecule has 2 heterocycles. The summed E-state index contributed by atoms with van der Waals surface area (Å²) >= 11 is 6.26. The Balaban J connectivity index is 1.84. The number of carbonyl (C=O) groups is 1. The number of fused-ring (bicyclic) bond motifs is 1. The third kappa shape index (κ3) is 3.06.